The summed E-state index contributed by atoms with van der Waals surface area (Å²) in [5.41, 5.74) is 0.706. The van der Waals surface area contributed by atoms with E-state index in [1.54, 1.807) is 49.6 Å². The highest BCUT2D eigenvalue weighted by molar-refractivity contribution is 5.90. The zero-order chi connectivity index (χ0) is 15.2. The highest BCUT2D eigenvalue weighted by atomic mass is 16.5. The van der Waals surface area contributed by atoms with Crippen LogP contribution < -0.4 is 9.47 Å². The van der Waals surface area contributed by atoms with Crippen molar-refractivity contribution in [3.63, 3.8) is 0 Å². The summed E-state index contributed by atoms with van der Waals surface area (Å²) in [5.74, 6) is -0.203. The van der Waals surface area contributed by atoms with Crippen molar-refractivity contribution >= 4 is 5.97 Å². The number of aromatic carboxylic acids is 1. The maximum absolute atomic E-state index is 11.1. The van der Waals surface area contributed by atoms with Crippen LogP contribution in [-0.4, -0.2) is 29.9 Å². The molecule has 0 bridgehead atoms. The third kappa shape index (κ3) is 3.73. The van der Waals surface area contributed by atoms with E-state index in [4.69, 9.17) is 14.6 Å². The fourth-order valence-electron chi connectivity index (χ4n) is 1.88. The summed E-state index contributed by atoms with van der Waals surface area (Å²) in [4.78, 5) is 11.1. The van der Waals surface area contributed by atoms with Gasteiger partial charge in [-0.1, -0.05) is 24.3 Å². The minimum Gasteiger partial charge on any atom is -0.497 e. The van der Waals surface area contributed by atoms with Crippen molar-refractivity contribution in [3.8, 4) is 11.5 Å². The second-order valence-electron chi connectivity index (χ2n) is 4.40. The molecular formula is C16H16O5. The van der Waals surface area contributed by atoms with Crippen molar-refractivity contribution in [2.24, 2.45) is 0 Å². The average Bonchev–Trinajstić information content (AvgIpc) is 2.52. The first-order chi connectivity index (χ1) is 10.1. The molecule has 0 aliphatic heterocycles. The van der Waals surface area contributed by atoms with Crippen molar-refractivity contribution in [2.75, 3.05) is 13.7 Å². The van der Waals surface area contributed by atoms with Gasteiger partial charge in [-0.25, -0.2) is 4.79 Å². The van der Waals surface area contributed by atoms with E-state index in [0.29, 0.717) is 11.3 Å². The lowest BCUT2D eigenvalue weighted by Crippen LogP contribution is -2.11. The van der Waals surface area contributed by atoms with Crippen LogP contribution in [-0.2, 0) is 0 Å². The molecule has 0 saturated heterocycles. The zero-order valence-corrected chi connectivity index (χ0v) is 11.5. The molecular weight excluding hydrogens is 272 g/mol. The van der Waals surface area contributed by atoms with Crippen molar-refractivity contribution < 1.29 is 24.5 Å². The summed E-state index contributed by atoms with van der Waals surface area (Å²) >= 11 is 0. The molecule has 0 saturated carbocycles. The Balaban J connectivity index is 2.07. The van der Waals surface area contributed by atoms with Gasteiger partial charge in [-0.05, 0) is 29.8 Å². The van der Waals surface area contributed by atoms with E-state index in [1.807, 2.05) is 0 Å². The Bertz CT molecular complexity index is 624. The van der Waals surface area contributed by atoms with Crippen LogP contribution in [0.4, 0.5) is 0 Å². The summed E-state index contributed by atoms with van der Waals surface area (Å²) < 4.78 is 10.5. The molecule has 21 heavy (non-hydrogen) atoms. The second kappa shape index (κ2) is 6.76. The van der Waals surface area contributed by atoms with Gasteiger partial charge in [-0.2, -0.15) is 0 Å². The van der Waals surface area contributed by atoms with Crippen LogP contribution >= 0.6 is 0 Å². The molecule has 1 unspecified atom stereocenters. The number of para-hydroxylation sites is 1. The predicted molar refractivity (Wildman–Crippen MR) is 76.9 cm³/mol. The molecule has 110 valence electrons. The minimum absolute atomic E-state index is 0.0442. The normalized spacial score (nSPS) is 11.7. The fraction of sp³-hybridized carbons (Fsp3) is 0.188. The zero-order valence-electron chi connectivity index (χ0n) is 11.5. The lowest BCUT2D eigenvalue weighted by atomic mass is 10.1. The molecule has 0 fully saturated rings. The molecule has 2 rings (SSSR count). The summed E-state index contributed by atoms with van der Waals surface area (Å²) in [6, 6.07) is 13.3. The standard InChI is InChI=1S/C16H16O5/c1-20-12-6-4-5-11(9-12)14(17)10-21-15-8-3-2-7-13(15)16(18)19/h2-9,14,17H,10H2,1H3,(H,18,19). The first kappa shape index (κ1) is 14.9. The van der Waals surface area contributed by atoms with E-state index in [1.165, 1.54) is 6.07 Å². The van der Waals surface area contributed by atoms with Gasteiger partial charge in [-0.3, -0.25) is 0 Å². The number of hydrogen-bond acceptors (Lipinski definition) is 4. The molecule has 0 aliphatic rings. The molecule has 2 aromatic rings. The maximum atomic E-state index is 11.1. The lowest BCUT2D eigenvalue weighted by Gasteiger charge is -2.14. The summed E-state index contributed by atoms with van der Waals surface area (Å²) in [7, 11) is 1.55. The lowest BCUT2D eigenvalue weighted by molar-refractivity contribution is 0.0683. The first-order valence-corrected chi connectivity index (χ1v) is 6.39. The molecule has 0 radical (unpaired) electrons. The Hall–Kier alpha value is -2.53. The molecule has 2 aromatic carbocycles. The third-order valence-electron chi connectivity index (χ3n) is 2.99. The minimum atomic E-state index is -1.07. The second-order valence-corrected chi connectivity index (χ2v) is 4.40. The molecule has 0 spiro atoms. The highest BCUT2D eigenvalue weighted by Crippen LogP contribution is 2.22. The van der Waals surface area contributed by atoms with Crippen molar-refractivity contribution in [1.29, 1.82) is 0 Å². The topological polar surface area (TPSA) is 76.0 Å². The number of carboxylic acid groups (broad SMARTS) is 1. The number of ether oxygens (including phenoxy) is 2. The molecule has 0 aliphatic carbocycles. The van der Waals surface area contributed by atoms with Gasteiger partial charge in [0.1, 0.15) is 29.8 Å². The van der Waals surface area contributed by atoms with E-state index in [9.17, 15) is 9.90 Å². The van der Waals surface area contributed by atoms with Crippen LogP contribution in [0.15, 0.2) is 48.5 Å². The molecule has 2 N–H and O–H groups in total. The van der Waals surface area contributed by atoms with Crippen LogP contribution in [0, 0.1) is 0 Å². The average molecular weight is 288 g/mol. The van der Waals surface area contributed by atoms with E-state index < -0.39 is 12.1 Å². The number of aliphatic hydroxyl groups is 1. The molecule has 5 nitrogen and oxygen atoms in total. The first-order valence-electron chi connectivity index (χ1n) is 6.39. The van der Waals surface area contributed by atoms with Gasteiger partial charge in [0.2, 0.25) is 0 Å². The van der Waals surface area contributed by atoms with E-state index >= 15 is 0 Å². The monoisotopic (exact) mass is 288 g/mol. The van der Waals surface area contributed by atoms with Crippen LogP contribution in [0.2, 0.25) is 0 Å². The molecule has 5 heteroatoms. The van der Waals surface area contributed by atoms with Crippen molar-refractivity contribution in [1.82, 2.24) is 0 Å². The van der Waals surface area contributed by atoms with Gasteiger partial charge in [0.05, 0.1) is 7.11 Å². The Labute approximate surface area is 122 Å². The van der Waals surface area contributed by atoms with Gasteiger partial charge >= 0.3 is 5.97 Å². The third-order valence-corrected chi connectivity index (χ3v) is 2.99. The Morgan fingerprint density at radius 3 is 2.67 bits per heavy atom. The Morgan fingerprint density at radius 1 is 1.19 bits per heavy atom. The molecule has 1 atom stereocenters. The summed E-state index contributed by atoms with van der Waals surface area (Å²) in [6.45, 7) is -0.0442. The van der Waals surface area contributed by atoms with E-state index in [2.05, 4.69) is 0 Å². The van der Waals surface area contributed by atoms with Gasteiger partial charge < -0.3 is 19.7 Å². The van der Waals surface area contributed by atoms with Gasteiger partial charge in [0.15, 0.2) is 0 Å². The SMILES string of the molecule is COc1cccc(C(O)COc2ccccc2C(=O)O)c1. The van der Waals surface area contributed by atoms with Crippen LogP contribution in [0.1, 0.15) is 22.0 Å². The van der Waals surface area contributed by atoms with Gasteiger partial charge in [0, 0.05) is 0 Å². The number of rotatable bonds is 6. The molecule has 0 heterocycles. The largest absolute Gasteiger partial charge is 0.497 e. The highest BCUT2D eigenvalue weighted by Gasteiger charge is 2.13. The quantitative estimate of drug-likeness (QED) is 0.854. The molecule has 0 aromatic heterocycles. The number of carboxylic acids is 1. The summed E-state index contributed by atoms with van der Waals surface area (Å²) in [6.07, 6.45) is -0.873. The van der Waals surface area contributed by atoms with E-state index in [-0.39, 0.29) is 17.9 Å². The van der Waals surface area contributed by atoms with E-state index in [0.717, 1.165) is 0 Å². The maximum Gasteiger partial charge on any atom is 0.339 e. The number of carbonyl (C=O) groups is 1. The molecule has 0 amide bonds. The van der Waals surface area contributed by atoms with Crippen LogP contribution in [0.5, 0.6) is 11.5 Å². The van der Waals surface area contributed by atoms with Crippen LogP contribution in [0.3, 0.4) is 0 Å². The smallest absolute Gasteiger partial charge is 0.339 e. The van der Waals surface area contributed by atoms with Gasteiger partial charge in [-0.15, -0.1) is 0 Å². The van der Waals surface area contributed by atoms with Crippen molar-refractivity contribution in [3.05, 3.63) is 59.7 Å². The number of benzene rings is 2. The predicted octanol–water partition coefficient (Wildman–Crippen LogP) is 2.51. The Kier molecular flexibility index (Phi) is 4.79. The Morgan fingerprint density at radius 2 is 1.95 bits per heavy atom. The number of methoxy groups -OCH3 is 1. The fourth-order valence-corrected chi connectivity index (χ4v) is 1.88. The number of hydrogen-bond donors (Lipinski definition) is 2. The van der Waals surface area contributed by atoms with Crippen LogP contribution in [0.25, 0.3) is 0 Å². The van der Waals surface area contributed by atoms with Crippen molar-refractivity contribution in [2.45, 2.75) is 6.10 Å². The van der Waals surface area contributed by atoms with Gasteiger partial charge in [0.25, 0.3) is 0 Å². The summed E-state index contributed by atoms with van der Waals surface area (Å²) in [5, 5.41) is 19.2. The number of aliphatic hydroxyl groups excluding tert-OH is 1.